The average Bonchev–Trinajstić information content (AvgIpc) is 3.17. The largest absolute Gasteiger partial charge is 0.494 e. The van der Waals surface area contributed by atoms with E-state index < -0.39 is 29.3 Å². The number of nitrogens with one attached hydrogen (secondary N) is 1. The van der Waals surface area contributed by atoms with Crippen molar-refractivity contribution < 1.29 is 27.1 Å². The first kappa shape index (κ1) is 21.3. The lowest BCUT2D eigenvalue weighted by Gasteiger charge is -2.11. The minimum atomic E-state index is -4.90. The Morgan fingerprint density at radius 1 is 1.17 bits per heavy atom. The summed E-state index contributed by atoms with van der Waals surface area (Å²) in [6, 6.07) is 11.1. The van der Waals surface area contributed by atoms with Crippen molar-refractivity contribution in [2.75, 3.05) is 6.61 Å². The average molecular weight is 422 g/mol. The lowest BCUT2D eigenvalue weighted by atomic mass is 10.2. The van der Waals surface area contributed by atoms with Crippen molar-refractivity contribution in [3.63, 3.8) is 0 Å². The van der Waals surface area contributed by atoms with Crippen molar-refractivity contribution in [3.8, 4) is 11.4 Å². The van der Waals surface area contributed by atoms with Crippen LogP contribution in [0.3, 0.4) is 0 Å². The third-order valence-electron chi connectivity index (χ3n) is 4.05. The molecule has 6 nitrogen and oxygen atoms in total. The zero-order valence-corrected chi connectivity index (χ0v) is 15.9. The lowest BCUT2D eigenvalue weighted by molar-refractivity contribution is -0.143. The van der Waals surface area contributed by atoms with E-state index in [2.05, 4.69) is 15.6 Å². The molecule has 0 unspecified atom stereocenters. The second kappa shape index (κ2) is 8.93. The molecule has 2 aromatic carbocycles. The molecule has 0 saturated carbocycles. The zero-order chi connectivity index (χ0) is 21.7. The lowest BCUT2D eigenvalue weighted by Crippen LogP contribution is -2.27. The number of ether oxygens (including phenoxy) is 1. The number of carbonyl (C=O) groups is 1. The predicted octanol–water partition coefficient (Wildman–Crippen LogP) is 4.14. The highest BCUT2D eigenvalue weighted by atomic mass is 19.4. The first-order valence-electron chi connectivity index (χ1n) is 9.08. The van der Waals surface area contributed by atoms with E-state index in [0.29, 0.717) is 22.6 Å². The van der Waals surface area contributed by atoms with E-state index in [1.165, 1.54) is 0 Å². The van der Waals surface area contributed by atoms with Gasteiger partial charge in [0.2, 0.25) is 0 Å². The van der Waals surface area contributed by atoms with E-state index in [1.807, 2.05) is 6.92 Å². The molecule has 0 aliphatic carbocycles. The number of rotatable bonds is 7. The van der Waals surface area contributed by atoms with E-state index in [9.17, 15) is 22.4 Å². The fourth-order valence-electron chi connectivity index (χ4n) is 2.68. The van der Waals surface area contributed by atoms with Crippen LogP contribution < -0.4 is 10.1 Å². The number of halogens is 4. The third kappa shape index (κ3) is 4.94. The van der Waals surface area contributed by atoms with Crippen molar-refractivity contribution in [2.45, 2.75) is 26.1 Å². The minimum Gasteiger partial charge on any atom is -0.494 e. The number of hydrogen-bond donors (Lipinski definition) is 1. The van der Waals surface area contributed by atoms with E-state index in [-0.39, 0.29) is 12.2 Å². The molecule has 0 spiro atoms. The van der Waals surface area contributed by atoms with Crippen LogP contribution in [0, 0.1) is 5.82 Å². The Hall–Kier alpha value is -3.43. The molecule has 0 fully saturated rings. The van der Waals surface area contributed by atoms with Crippen molar-refractivity contribution in [2.24, 2.45) is 0 Å². The highest BCUT2D eigenvalue weighted by Crippen LogP contribution is 2.32. The summed E-state index contributed by atoms with van der Waals surface area (Å²) in [7, 11) is 0. The maximum absolute atomic E-state index is 13.6. The SMILES string of the molecule is CCCOc1cccc(CNC(=O)c2nnn(-c3ccc(F)cc3)c2C(F)(F)F)c1. The van der Waals surface area contributed by atoms with E-state index in [0.717, 1.165) is 30.7 Å². The van der Waals surface area contributed by atoms with Crippen molar-refractivity contribution in [1.82, 2.24) is 20.3 Å². The Morgan fingerprint density at radius 3 is 2.57 bits per heavy atom. The molecule has 30 heavy (non-hydrogen) atoms. The fraction of sp³-hybridized carbons (Fsp3) is 0.250. The van der Waals surface area contributed by atoms with Gasteiger partial charge in [-0.1, -0.05) is 24.3 Å². The summed E-state index contributed by atoms with van der Waals surface area (Å²) in [5, 5.41) is 9.28. The summed E-state index contributed by atoms with van der Waals surface area (Å²) in [5.41, 5.74) is -1.63. The molecule has 1 amide bonds. The van der Waals surface area contributed by atoms with Crippen LogP contribution in [0.2, 0.25) is 0 Å². The predicted molar refractivity (Wildman–Crippen MR) is 99.7 cm³/mol. The van der Waals surface area contributed by atoms with Crippen LogP contribution in [-0.4, -0.2) is 27.5 Å². The van der Waals surface area contributed by atoms with Crippen molar-refractivity contribution in [1.29, 1.82) is 0 Å². The maximum atomic E-state index is 13.6. The maximum Gasteiger partial charge on any atom is 0.435 e. The monoisotopic (exact) mass is 422 g/mol. The first-order chi connectivity index (χ1) is 14.3. The van der Waals surface area contributed by atoms with Crippen LogP contribution in [0.4, 0.5) is 17.6 Å². The van der Waals surface area contributed by atoms with Gasteiger partial charge in [0.25, 0.3) is 5.91 Å². The number of aromatic nitrogens is 3. The van der Waals surface area contributed by atoms with Crippen LogP contribution in [0.25, 0.3) is 5.69 Å². The Bertz CT molecular complexity index is 1020. The van der Waals surface area contributed by atoms with Crippen LogP contribution in [-0.2, 0) is 12.7 Å². The van der Waals surface area contributed by atoms with Gasteiger partial charge >= 0.3 is 6.18 Å². The first-order valence-corrected chi connectivity index (χ1v) is 9.08. The van der Waals surface area contributed by atoms with E-state index in [4.69, 9.17) is 4.74 Å². The second-order valence-corrected chi connectivity index (χ2v) is 6.35. The van der Waals surface area contributed by atoms with Crippen LogP contribution >= 0.6 is 0 Å². The number of benzene rings is 2. The summed E-state index contributed by atoms with van der Waals surface area (Å²) in [6.07, 6.45) is -4.08. The Kier molecular flexibility index (Phi) is 6.34. The summed E-state index contributed by atoms with van der Waals surface area (Å²) < 4.78 is 59.9. The van der Waals surface area contributed by atoms with Crippen molar-refractivity contribution >= 4 is 5.91 Å². The molecular formula is C20H18F4N4O2. The van der Waals surface area contributed by atoms with Gasteiger partial charge in [-0.25, -0.2) is 9.07 Å². The molecule has 0 atom stereocenters. The molecule has 1 N–H and O–H groups in total. The molecule has 0 bridgehead atoms. The van der Waals surface area contributed by atoms with Crippen LogP contribution in [0.15, 0.2) is 48.5 Å². The summed E-state index contributed by atoms with van der Waals surface area (Å²) in [4.78, 5) is 12.4. The molecule has 0 aliphatic heterocycles. The molecular weight excluding hydrogens is 404 g/mol. The van der Waals surface area contributed by atoms with Gasteiger partial charge in [-0.05, 0) is 48.4 Å². The number of carbonyl (C=O) groups excluding carboxylic acids is 1. The molecule has 158 valence electrons. The molecule has 0 radical (unpaired) electrons. The Morgan fingerprint density at radius 2 is 1.90 bits per heavy atom. The molecule has 1 heterocycles. The van der Waals surface area contributed by atoms with Gasteiger partial charge in [0.05, 0.1) is 12.3 Å². The summed E-state index contributed by atoms with van der Waals surface area (Å²) in [6.45, 7) is 2.46. The second-order valence-electron chi connectivity index (χ2n) is 6.35. The smallest absolute Gasteiger partial charge is 0.435 e. The van der Waals surface area contributed by atoms with Gasteiger partial charge < -0.3 is 10.1 Å². The van der Waals surface area contributed by atoms with Crippen LogP contribution in [0.5, 0.6) is 5.75 Å². The number of alkyl halides is 3. The molecule has 1 aromatic heterocycles. The molecule has 0 aliphatic rings. The van der Waals surface area contributed by atoms with Crippen LogP contribution in [0.1, 0.15) is 35.1 Å². The summed E-state index contributed by atoms with van der Waals surface area (Å²) in [5.74, 6) is -1.05. The number of amides is 1. The molecule has 3 aromatic rings. The van der Waals surface area contributed by atoms with Gasteiger partial charge in [-0.3, -0.25) is 4.79 Å². The third-order valence-corrected chi connectivity index (χ3v) is 4.05. The minimum absolute atomic E-state index is 0.0249. The number of hydrogen-bond acceptors (Lipinski definition) is 4. The summed E-state index contributed by atoms with van der Waals surface area (Å²) >= 11 is 0. The normalized spacial score (nSPS) is 11.4. The molecule has 0 saturated heterocycles. The van der Waals surface area contributed by atoms with E-state index in [1.54, 1.807) is 24.3 Å². The highest BCUT2D eigenvalue weighted by Gasteiger charge is 2.42. The van der Waals surface area contributed by atoms with Gasteiger partial charge in [-0.15, -0.1) is 5.10 Å². The van der Waals surface area contributed by atoms with Gasteiger partial charge in [-0.2, -0.15) is 13.2 Å². The standard InChI is InChI=1S/C20H18F4N4O2/c1-2-10-30-16-5-3-4-13(11-16)12-25-19(29)17-18(20(22,23)24)28(27-26-17)15-8-6-14(21)7-9-15/h3-9,11H,2,10,12H2,1H3,(H,25,29). The quantitative estimate of drug-likeness (QED) is 0.581. The highest BCUT2D eigenvalue weighted by molar-refractivity contribution is 5.93. The Labute approximate surface area is 169 Å². The topological polar surface area (TPSA) is 69.0 Å². The van der Waals surface area contributed by atoms with E-state index >= 15 is 0 Å². The fourth-order valence-corrected chi connectivity index (χ4v) is 2.68. The molecule has 3 rings (SSSR count). The van der Waals surface area contributed by atoms with Crippen molar-refractivity contribution in [3.05, 3.63) is 71.3 Å². The van der Waals surface area contributed by atoms with Gasteiger partial charge in [0.15, 0.2) is 11.4 Å². The van der Waals surface area contributed by atoms with Gasteiger partial charge in [0.1, 0.15) is 11.6 Å². The van der Waals surface area contributed by atoms with Gasteiger partial charge in [0, 0.05) is 6.54 Å². The molecule has 10 heteroatoms. The zero-order valence-electron chi connectivity index (χ0n) is 15.9. The Balaban J connectivity index is 1.82. The number of nitrogens with zero attached hydrogens (tertiary/aromatic N) is 3.